The largest absolute Gasteiger partial charge is 0.493 e. The molecule has 10 heterocycles. The van der Waals surface area contributed by atoms with E-state index in [4.69, 9.17) is 9.72 Å². The van der Waals surface area contributed by atoms with Crippen molar-refractivity contribution < 1.29 is 14.3 Å². The van der Waals surface area contributed by atoms with Gasteiger partial charge in [0.15, 0.2) is 5.78 Å². The quantitative estimate of drug-likeness (QED) is 0.109. The number of H-pyrrole nitrogens is 1. The summed E-state index contributed by atoms with van der Waals surface area (Å²) >= 11 is 0. The molecule has 0 unspecified atom stereocenters. The summed E-state index contributed by atoms with van der Waals surface area (Å²) in [6.45, 7) is 21.4. The zero-order valence-corrected chi connectivity index (χ0v) is 48.6. The number of hydrogen-bond acceptors (Lipinski definition) is 14. The van der Waals surface area contributed by atoms with Crippen LogP contribution in [-0.4, -0.2) is 149 Å². The molecule has 0 spiro atoms. The van der Waals surface area contributed by atoms with Gasteiger partial charge in [-0.25, -0.2) is 24.7 Å². The summed E-state index contributed by atoms with van der Waals surface area (Å²) in [5.74, 6) is 2.10. The van der Waals surface area contributed by atoms with Crippen LogP contribution in [0.1, 0.15) is 74.3 Å². The molecule has 1 atom stereocenters. The van der Waals surface area contributed by atoms with Gasteiger partial charge in [0, 0.05) is 172 Å². The standard InChI is InChI=1S/C38H39N5O.C29H31N9O2/c1-27(2)43-19-17-42(18-20-43)26-29-8-11-33(35-25-41-37-13-16-40-24-36(35)37)38(22-29)44-21-14-28-6-9-31(10-7-28)32-5-3-4-30-12-15-39-23-34(30)32;1-18(2)37-17-21-16-35(10-11-36(21)28(37)40)27-32-13-20(14-33-27)23-8-7-22-25(39)29(3,4)38(26(22)34-23)15-19-6-5-9-31-24(19)12-30/h3-13,15-16,22-25,27,41H,14,17-21,26H2,1-2H3;5-9,13-14,18,21H,10-11,15-17H2,1-4H3/t;21-/m.0/s1. The van der Waals surface area contributed by atoms with Gasteiger partial charge in [-0.1, -0.05) is 60.7 Å². The number of Topliss-reactive ketones (excluding diaryl/α,β-unsaturated/α-hetero) is 1. The highest BCUT2D eigenvalue weighted by Crippen LogP contribution is 2.41. The SMILES string of the molecule is CC(C)N1CCN(Cc2ccc(-c3c[nH]c4ccncc34)c(OCCc3ccc(-c4cccc5ccncc45)cc3)c2)CC1.CC(C)N1C[C@@H]2CN(c3ncc(-c4ccc5c(n4)N(Cc4cccnc4C#N)C(C)(C)C5=O)cn3)CCN2C1=O. The van der Waals surface area contributed by atoms with Gasteiger partial charge in [-0.05, 0) is 106 Å². The summed E-state index contributed by atoms with van der Waals surface area (Å²) in [5.41, 5.74) is 10.4. The fourth-order valence-corrected chi connectivity index (χ4v) is 12.2. The highest BCUT2D eigenvalue weighted by molar-refractivity contribution is 6.13. The average Bonchev–Trinajstić information content (AvgIpc) is 3.46. The van der Waals surface area contributed by atoms with Crippen LogP contribution < -0.4 is 14.5 Å². The molecule has 0 saturated carbocycles. The monoisotopic (exact) mass is 1120 g/mol. The highest BCUT2D eigenvalue weighted by Gasteiger charge is 2.46. The number of nitrogens with one attached hydrogen (secondary N) is 1. The highest BCUT2D eigenvalue weighted by atomic mass is 16.5. The Morgan fingerprint density at radius 2 is 1.46 bits per heavy atom. The number of ether oxygens (including phenoxy) is 1. The minimum atomic E-state index is -0.828. The van der Waals surface area contributed by atoms with Gasteiger partial charge >= 0.3 is 6.03 Å². The number of urea groups is 1. The fourth-order valence-electron chi connectivity index (χ4n) is 12.2. The van der Waals surface area contributed by atoms with E-state index in [-0.39, 0.29) is 23.9 Å². The van der Waals surface area contributed by atoms with E-state index < -0.39 is 5.54 Å². The molecule has 84 heavy (non-hydrogen) atoms. The topological polar surface area (TPSA) is 180 Å². The van der Waals surface area contributed by atoms with Crippen molar-refractivity contribution in [2.24, 2.45) is 0 Å². The fraction of sp³-hybridized carbons (Fsp3) is 0.328. The van der Waals surface area contributed by atoms with Crippen molar-refractivity contribution >= 4 is 45.3 Å². The Kier molecular flexibility index (Phi) is 15.6. The third-order valence-corrected chi connectivity index (χ3v) is 17.1. The number of amides is 2. The molecule has 4 aliphatic heterocycles. The van der Waals surface area contributed by atoms with Crippen molar-refractivity contribution in [3.63, 3.8) is 0 Å². The van der Waals surface area contributed by atoms with Gasteiger partial charge in [-0.3, -0.25) is 24.6 Å². The van der Waals surface area contributed by atoms with Crippen LogP contribution in [0.4, 0.5) is 16.6 Å². The van der Waals surface area contributed by atoms with Gasteiger partial charge in [-0.15, -0.1) is 0 Å². The van der Waals surface area contributed by atoms with Crippen molar-refractivity contribution in [3.05, 3.63) is 175 Å². The maximum atomic E-state index is 13.3. The second kappa shape index (κ2) is 23.6. The number of pyridine rings is 4. The molecule has 0 radical (unpaired) electrons. The lowest BCUT2D eigenvalue weighted by Crippen LogP contribution is -2.52. The Bertz CT molecular complexity index is 3900. The van der Waals surface area contributed by atoms with Gasteiger partial charge in [-0.2, -0.15) is 5.26 Å². The minimum Gasteiger partial charge on any atom is -0.493 e. The number of fused-ring (bicyclic) bond motifs is 4. The molecule has 426 valence electrons. The Balaban J connectivity index is 0.000000166. The summed E-state index contributed by atoms with van der Waals surface area (Å²) in [4.78, 5) is 69.5. The third-order valence-electron chi connectivity index (χ3n) is 17.1. The molecule has 17 heteroatoms. The number of carbonyl (C=O) groups excluding carboxylic acids is 2. The molecule has 2 amide bonds. The van der Waals surface area contributed by atoms with Crippen molar-refractivity contribution in [2.75, 3.05) is 68.8 Å². The molecule has 1 N–H and O–H groups in total. The third kappa shape index (κ3) is 11.1. The molecule has 13 rings (SSSR count). The summed E-state index contributed by atoms with van der Waals surface area (Å²) in [7, 11) is 0. The summed E-state index contributed by atoms with van der Waals surface area (Å²) in [6.07, 6.45) is 15.5. The van der Waals surface area contributed by atoms with Crippen LogP contribution in [0.2, 0.25) is 0 Å². The maximum absolute atomic E-state index is 13.3. The minimum absolute atomic E-state index is 0.0175. The van der Waals surface area contributed by atoms with Crippen molar-refractivity contribution in [3.8, 4) is 45.3 Å². The van der Waals surface area contributed by atoms with Crippen molar-refractivity contribution in [2.45, 2.75) is 84.7 Å². The van der Waals surface area contributed by atoms with E-state index >= 15 is 0 Å². The zero-order chi connectivity index (χ0) is 58.1. The Morgan fingerprint density at radius 1 is 0.702 bits per heavy atom. The molecule has 3 fully saturated rings. The first-order valence-corrected chi connectivity index (χ1v) is 29.2. The lowest BCUT2D eigenvalue weighted by Gasteiger charge is -2.37. The number of carbonyl (C=O) groups is 2. The zero-order valence-electron chi connectivity index (χ0n) is 48.6. The molecular formula is C67H70N14O3. The molecule has 0 bridgehead atoms. The molecule has 3 aromatic carbocycles. The van der Waals surface area contributed by atoms with Crippen molar-refractivity contribution in [1.82, 2.24) is 54.5 Å². The summed E-state index contributed by atoms with van der Waals surface area (Å²) in [5, 5.41) is 13.0. The summed E-state index contributed by atoms with van der Waals surface area (Å²) in [6, 6.07) is 36.5. The Labute approximate surface area is 490 Å². The van der Waals surface area contributed by atoms with E-state index in [2.05, 4.69) is 137 Å². The Hall–Kier alpha value is -9.11. The van der Waals surface area contributed by atoms with Crippen LogP contribution >= 0.6 is 0 Å². The first-order chi connectivity index (χ1) is 40.8. The number of hydrogen-bond donors (Lipinski definition) is 1. The smallest absolute Gasteiger partial charge is 0.320 e. The number of benzene rings is 3. The van der Waals surface area contributed by atoms with Crippen LogP contribution in [0, 0.1) is 11.3 Å². The van der Waals surface area contributed by atoms with Crippen LogP contribution in [0.25, 0.3) is 55.2 Å². The van der Waals surface area contributed by atoms with Gasteiger partial charge < -0.3 is 29.3 Å². The predicted octanol–water partition coefficient (Wildman–Crippen LogP) is 10.7. The average molecular weight is 1120 g/mol. The van der Waals surface area contributed by atoms with Crippen LogP contribution in [0.3, 0.4) is 0 Å². The van der Waals surface area contributed by atoms with Crippen molar-refractivity contribution in [1.29, 1.82) is 5.26 Å². The van der Waals surface area contributed by atoms with Crippen LogP contribution in [0.5, 0.6) is 5.75 Å². The van der Waals surface area contributed by atoms with E-state index in [1.165, 1.54) is 33.0 Å². The molecule has 17 nitrogen and oxygen atoms in total. The number of rotatable bonds is 14. The molecule has 3 saturated heterocycles. The van der Waals surface area contributed by atoms with E-state index in [0.29, 0.717) is 74.1 Å². The Morgan fingerprint density at radius 3 is 2.24 bits per heavy atom. The molecule has 6 aromatic heterocycles. The normalized spacial score (nSPS) is 17.0. The molecule has 9 aromatic rings. The second-order valence-electron chi connectivity index (χ2n) is 23.3. The summed E-state index contributed by atoms with van der Waals surface area (Å²) < 4.78 is 6.60. The first kappa shape index (κ1) is 55.4. The maximum Gasteiger partial charge on any atom is 0.320 e. The lowest BCUT2D eigenvalue weighted by atomic mass is 9.97. The van der Waals surface area contributed by atoms with Gasteiger partial charge in [0.1, 0.15) is 23.3 Å². The number of nitriles is 1. The molecular weight excluding hydrogens is 1050 g/mol. The van der Waals surface area contributed by atoms with Gasteiger partial charge in [0.2, 0.25) is 5.95 Å². The molecule has 0 aliphatic carbocycles. The number of anilines is 2. The van der Waals surface area contributed by atoms with Gasteiger partial charge in [0.05, 0.1) is 29.4 Å². The number of aromatic amines is 1. The predicted molar refractivity (Wildman–Crippen MR) is 329 cm³/mol. The molecule has 4 aliphatic rings. The lowest BCUT2D eigenvalue weighted by molar-refractivity contribution is 0.0923. The van der Waals surface area contributed by atoms with E-state index in [0.717, 1.165) is 78.1 Å². The van der Waals surface area contributed by atoms with Crippen LogP contribution in [0.15, 0.2) is 147 Å². The van der Waals surface area contributed by atoms with Crippen LogP contribution in [-0.2, 0) is 19.5 Å². The van der Waals surface area contributed by atoms with E-state index in [1.54, 1.807) is 30.7 Å². The van der Waals surface area contributed by atoms with Gasteiger partial charge in [0.25, 0.3) is 0 Å². The van der Waals surface area contributed by atoms with E-state index in [9.17, 15) is 14.9 Å². The number of nitrogens with zero attached hydrogens (tertiary/aromatic N) is 13. The number of piperazine rings is 2. The second-order valence-corrected chi connectivity index (χ2v) is 23.3. The number of aromatic nitrogens is 7. The number of ketones is 1. The van der Waals surface area contributed by atoms with E-state index in [1.807, 2.05) is 85.4 Å². The first-order valence-electron chi connectivity index (χ1n) is 29.2.